The zero-order chi connectivity index (χ0) is 16.2. The van der Waals surface area contributed by atoms with Gasteiger partial charge in [-0.15, -0.1) is 15.0 Å². The molecule has 0 atom stereocenters. The Bertz CT molecular complexity index is 845. The highest BCUT2D eigenvalue weighted by Crippen LogP contribution is 2.18. The Hall–Kier alpha value is -3.13. The molecule has 3 aromatic rings. The molecule has 1 aromatic heterocycles. The van der Waals surface area contributed by atoms with E-state index in [0.29, 0.717) is 18.1 Å². The van der Waals surface area contributed by atoms with Crippen LogP contribution in [0.2, 0.25) is 0 Å². The van der Waals surface area contributed by atoms with Crippen molar-refractivity contribution in [2.45, 2.75) is 13.5 Å². The van der Waals surface area contributed by atoms with Crippen LogP contribution in [0.25, 0.3) is 5.69 Å². The number of aryl methyl sites for hydroxylation is 1. The molecule has 0 aliphatic rings. The van der Waals surface area contributed by atoms with E-state index in [4.69, 9.17) is 0 Å². The van der Waals surface area contributed by atoms with E-state index in [0.717, 1.165) is 16.8 Å². The van der Waals surface area contributed by atoms with Gasteiger partial charge in [-0.3, -0.25) is 0 Å². The normalized spacial score (nSPS) is 10.3. The minimum absolute atomic E-state index is 0.324. The second-order valence-corrected chi connectivity index (χ2v) is 5.45. The van der Waals surface area contributed by atoms with E-state index in [1.54, 1.807) is 0 Å². The van der Waals surface area contributed by atoms with E-state index in [1.165, 1.54) is 4.80 Å². The average molecular weight is 303 g/mol. The first-order valence-corrected chi connectivity index (χ1v) is 7.37. The SMILES string of the molecule is Cc1cccc(-n2nc(C#N)c(N(C)Cc3ccccc3)n2)c1. The largest absolute Gasteiger partial charge is 0.351 e. The Labute approximate surface area is 135 Å². The smallest absolute Gasteiger partial charge is 0.207 e. The molecule has 114 valence electrons. The van der Waals surface area contributed by atoms with Gasteiger partial charge in [0.05, 0.1) is 5.69 Å². The van der Waals surface area contributed by atoms with E-state index in [9.17, 15) is 5.26 Å². The lowest BCUT2D eigenvalue weighted by Gasteiger charge is -2.15. The zero-order valence-electron chi connectivity index (χ0n) is 13.1. The van der Waals surface area contributed by atoms with Gasteiger partial charge in [0.25, 0.3) is 0 Å². The van der Waals surface area contributed by atoms with Crippen molar-refractivity contribution < 1.29 is 0 Å². The molecule has 0 fully saturated rings. The summed E-state index contributed by atoms with van der Waals surface area (Å²) in [6.07, 6.45) is 0. The second kappa shape index (κ2) is 6.32. The van der Waals surface area contributed by atoms with Gasteiger partial charge in [-0.1, -0.05) is 42.5 Å². The summed E-state index contributed by atoms with van der Waals surface area (Å²) >= 11 is 0. The summed E-state index contributed by atoms with van der Waals surface area (Å²) < 4.78 is 0. The molecular weight excluding hydrogens is 286 g/mol. The van der Waals surface area contributed by atoms with Crippen molar-refractivity contribution in [1.82, 2.24) is 15.0 Å². The first-order chi connectivity index (χ1) is 11.2. The molecule has 0 spiro atoms. The highest BCUT2D eigenvalue weighted by Gasteiger charge is 2.16. The van der Waals surface area contributed by atoms with Crippen molar-refractivity contribution >= 4 is 5.82 Å². The average Bonchev–Trinajstić information content (AvgIpc) is 3.00. The van der Waals surface area contributed by atoms with Crippen molar-refractivity contribution in [3.8, 4) is 11.8 Å². The molecule has 3 rings (SSSR count). The maximum atomic E-state index is 9.36. The summed E-state index contributed by atoms with van der Waals surface area (Å²) in [5.74, 6) is 0.581. The van der Waals surface area contributed by atoms with Gasteiger partial charge in [0.15, 0.2) is 5.82 Å². The summed E-state index contributed by atoms with van der Waals surface area (Å²) in [5, 5.41) is 18.2. The third-order valence-corrected chi connectivity index (χ3v) is 3.56. The number of anilines is 1. The highest BCUT2D eigenvalue weighted by atomic mass is 15.5. The number of nitrogens with zero attached hydrogens (tertiary/aromatic N) is 5. The molecule has 5 nitrogen and oxygen atoms in total. The summed E-state index contributed by atoms with van der Waals surface area (Å²) in [6, 6.07) is 20.1. The highest BCUT2D eigenvalue weighted by molar-refractivity contribution is 5.50. The van der Waals surface area contributed by atoms with E-state index in [1.807, 2.05) is 73.5 Å². The van der Waals surface area contributed by atoms with Crippen molar-refractivity contribution in [3.05, 3.63) is 71.4 Å². The van der Waals surface area contributed by atoms with Crippen molar-refractivity contribution in [1.29, 1.82) is 5.26 Å². The van der Waals surface area contributed by atoms with Crippen LogP contribution >= 0.6 is 0 Å². The standard InChI is InChI=1S/C18H17N5/c1-14-7-6-10-16(11-14)23-20-17(12-19)18(21-23)22(2)13-15-8-4-3-5-9-15/h3-11H,13H2,1-2H3. The number of benzene rings is 2. The molecule has 23 heavy (non-hydrogen) atoms. The van der Waals surface area contributed by atoms with Gasteiger partial charge in [0, 0.05) is 13.6 Å². The fraction of sp³-hybridized carbons (Fsp3) is 0.167. The molecule has 0 saturated heterocycles. The Morgan fingerprint density at radius 1 is 1.09 bits per heavy atom. The molecule has 0 aliphatic carbocycles. The number of rotatable bonds is 4. The van der Waals surface area contributed by atoms with E-state index in [-0.39, 0.29) is 0 Å². The fourth-order valence-corrected chi connectivity index (χ4v) is 2.43. The van der Waals surface area contributed by atoms with Crippen LogP contribution in [0.3, 0.4) is 0 Å². The summed E-state index contributed by atoms with van der Waals surface area (Å²) in [4.78, 5) is 3.45. The van der Waals surface area contributed by atoms with Crippen LogP contribution in [0.15, 0.2) is 54.6 Å². The molecule has 0 aliphatic heterocycles. The molecule has 0 N–H and O–H groups in total. The summed E-state index contributed by atoms with van der Waals surface area (Å²) in [6.45, 7) is 2.68. The quantitative estimate of drug-likeness (QED) is 0.743. The lowest BCUT2D eigenvalue weighted by Crippen LogP contribution is -2.18. The molecular formula is C18H17N5. The molecule has 0 saturated carbocycles. The number of nitriles is 1. The lowest BCUT2D eigenvalue weighted by molar-refractivity contribution is 0.741. The van der Waals surface area contributed by atoms with Gasteiger partial charge < -0.3 is 4.90 Å². The van der Waals surface area contributed by atoms with Gasteiger partial charge in [0.2, 0.25) is 5.69 Å². The Morgan fingerprint density at radius 3 is 2.57 bits per heavy atom. The molecule has 0 radical (unpaired) electrons. The molecule has 2 aromatic carbocycles. The van der Waals surface area contributed by atoms with Gasteiger partial charge in [-0.2, -0.15) is 5.26 Å². The fourth-order valence-electron chi connectivity index (χ4n) is 2.43. The van der Waals surface area contributed by atoms with Crippen molar-refractivity contribution in [3.63, 3.8) is 0 Å². The van der Waals surface area contributed by atoms with Crippen LogP contribution in [-0.2, 0) is 6.54 Å². The molecule has 0 bridgehead atoms. The lowest BCUT2D eigenvalue weighted by atomic mass is 10.2. The van der Waals surface area contributed by atoms with Crippen LogP contribution < -0.4 is 4.90 Å². The number of hydrogen-bond donors (Lipinski definition) is 0. The third-order valence-electron chi connectivity index (χ3n) is 3.56. The molecule has 1 heterocycles. The van der Waals surface area contributed by atoms with Crippen LogP contribution in [0.4, 0.5) is 5.82 Å². The molecule has 0 amide bonds. The van der Waals surface area contributed by atoms with E-state index in [2.05, 4.69) is 16.3 Å². The van der Waals surface area contributed by atoms with Gasteiger partial charge in [-0.05, 0) is 30.2 Å². The van der Waals surface area contributed by atoms with Gasteiger partial charge >= 0.3 is 0 Å². The Morgan fingerprint density at radius 2 is 1.87 bits per heavy atom. The predicted molar refractivity (Wildman–Crippen MR) is 89.4 cm³/mol. The van der Waals surface area contributed by atoms with E-state index >= 15 is 0 Å². The minimum Gasteiger partial charge on any atom is -0.351 e. The maximum absolute atomic E-state index is 9.36. The summed E-state index contributed by atoms with van der Waals surface area (Å²) in [7, 11) is 1.92. The number of aromatic nitrogens is 3. The monoisotopic (exact) mass is 303 g/mol. The van der Waals surface area contributed by atoms with Crippen LogP contribution in [0.1, 0.15) is 16.8 Å². The van der Waals surface area contributed by atoms with Gasteiger partial charge in [-0.25, -0.2) is 0 Å². The Kier molecular flexibility index (Phi) is 4.07. The van der Waals surface area contributed by atoms with Crippen molar-refractivity contribution in [2.24, 2.45) is 0 Å². The first kappa shape index (κ1) is 14.8. The van der Waals surface area contributed by atoms with E-state index < -0.39 is 0 Å². The second-order valence-electron chi connectivity index (χ2n) is 5.45. The minimum atomic E-state index is 0.324. The maximum Gasteiger partial charge on any atom is 0.207 e. The van der Waals surface area contributed by atoms with Gasteiger partial charge in [0.1, 0.15) is 6.07 Å². The number of hydrogen-bond acceptors (Lipinski definition) is 4. The van der Waals surface area contributed by atoms with Crippen LogP contribution in [0, 0.1) is 18.3 Å². The van der Waals surface area contributed by atoms with Crippen molar-refractivity contribution in [2.75, 3.05) is 11.9 Å². The topological polar surface area (TPSA) is 57.7 Å². The molecule has 0 unspecified atom stereocenters. The Balaban J connectivity index is 1.92. The van der Waals surface area contributed by atoms with Crippen LogP contribution in [0.5, 0.6) is 0 Å². The zero-order valence-corrected chi connectivity index (χ0v) is 13.1. The third kappa shape index (κ3) is 3.22. The molecule has 5 heteroatoms. The van der Waals surface area contributed by atoms with Crippen LogP contribution in [-0.4, -0.2) is 22.0 Å². The summed E-state index contributed by atoms with van der Waals surface area (Å²) in [5.41, 5.74) is 3.45. The first-order valence-electron chi connectivity index (χ1n) is 7.37. The predicted octanol–water partition coefficient (Wildman–Crippen LogP) is 3.08.